The Labute approximate surface area is 80.2 Å². The molecule has 1 heterocycles. The second-order valence-electron chi connectivity index (χ2n) is 2.90. The molecule has 0 saturated carbocycles. The largest absolute Gasteiger partial charge is 0.347 e. The summed E-state index contributed by atoms with van der Waals surface area (Å²) in [5.74, 6) is 0. The van der Waals surface area contributed by atoms with Crippen LogP contribution in [0.2, 0.25) is 0 Å². The van der Waals surface area contributed by atoms with Crippen LogP contribution in [0, 0.1) is 0 Å². The molecule has 0 fully saturated rings. The zero-order valence-corrected chi connectivity index (χ0v) is 7.47. The maximum Gasteiger partial charge on any atom is 0.347 e. The molecule has 1 aromatic heterocycles. The molecule has 5 nitrogen and oxygen atoms in total. The summed E-state index contributed by atoms with van der Waals surface area (Å²) in [5.41, 5.74) is 7.03. The summed E-state index contributed by atoms with van der Waals surface area (Å²) < 4.78 is 1.43. The molecule has 0 bridgehead atoms. The maximum absolute atomic E-state index is 11.2. The van der Waals surface area contributed by atoms with Gasteiger partial charge in [0, 0.05) is 6.54 Å². The summed E-state index contributed by atoms with van der Waals surface area (Å²) in [4.78, 5) is 11.2. The molecule has 3 N–H and O–H groups in total. The average Bonchev–Trinajstić information content (AvgIpc) is 2.65. The topological polar surface area (TPSA) is 76.7 Å². The van der Waals surface area contributed by atoms with E-state index >= 15 is 0 Å². The summed E-state index contributed by atoms with van der Waals surface area (Å²) in [7, 11) is 0. The van der Waals surface area contributed by atoms with Crippen molar-refractivity contribution < 1.29 is 0 Å². The first-order valence-electron chi connectivity index (χ1n) is 4.22. The predicted molar refractivity (Wildman–Crippen MR) is 52.1 cm³/mol. The van der Waals surface area contributed by atoms with Gasteiger partial charge < -0.3 is 5.73 Å². The highest BCUT2D eigenvalue weighted by Crippen LogP contribution is 2.06. The summed E-state index contributed by atoms with van der Waals surface area (Å²) in [5, 5.41) is 5.97. The Bertz CT molecular complexity index is 468. The smallest absolute Gasteiger partial charge is 0.326 e. The Hall–Kier alpha value is -1.88. The number of aromatic amines is 1. The fourth-order valence-corrected chi connectivity index (χ4v) is 1.22. The van der Waals surface area contributed by atoms with Crippen LogP contribution in [-0.2, 0) is 6.54 Å². The van der Waals surface area contributed by atoms with Gasteiger partial charge in [-0.3, -0.25) is 0 Å². The molecule has 0 spiro atoms. The van der Waals surface area contributed by atoms with Crippen LogP contribution in [0.25, 0.3) is 5.69 Å². The standard InChI is InChI=1S/C9H10N4O/c10-5-7-1-3-8(4-2-7)13-6-11-12-9(13)14/h1-4,6H,5,10H2,(H,12,14). The Morgan fingerprint density at radius 1 is 1.36 bits per heavy atom. The Morgan fingerprint density at radius 3 is 2.57 bits per heavy atom. The number of rotatable bonds is 2. The third-order valence-corrected chi connectivity index (χ3v) is 2.00. The van der Waals surface area contributed by atoms with Crippen molar-refractivity contribution in [2.75, 3.05) is 0 Å². The number of aromatic nitrogens is 3. The number of hydrogen-bond donors (Lipinski definition) is 2. The van der Waals surface area contributed by atoms with Gasteiger partial charge in [0.2, 0.25) is 0 Å². The first kappa shape index (κ1) is 8.71. The highest BCUT2D eigenvalue weighted by Gasteiger charge is 1.99. The van der Waals surface area contributed by atoms with Crippen LogP contribution in [0.3, 0.4) is 0 Å². The minimum absolute atomic E-state index is 0.245. The summed E-state index contributed by atoms with van der Waals surface area (Å²) in [6, 6.07) is 7.43. The van der Waals surface area contributed by atoms with Crippen LogP contribution in [0.15, 0.2) is 35.4 Å². The Balaban J connectivity index is 2.44. The normalized spacial score (nSPS) is 10.4. The number of H-pyrrole nitrogens is 1. The van der Waals surface area contributed by atoms with Crippen molar-refractivity contribution in [2.24, 2.45) is 5.73 Å². The van der Waals surface area contributed by atoms with E-state index in [1.165, 1.54) is 10.9 Å². The molecular weight excluding hydrogens is 180 g/mol. The van der Waals surface area contributed by atoms with E-state index in [4.69, 9.17) is 5.73 Å². The van der Waals surface area contributed by atoms with Gasteiger partial charge in [-0.05, 0) is 17.7 Å². The van der Waals surface area contributed by atoms with E-state index in [9.17, 15) is 4.79 Å². The molecule has 5 heteroatoms. The van der Waals surface area contributed by atoms with Crippen LogP contribution in [0.1, 0.15) is 5.56 Å². The molecule has 0 amide bonds. The lowest BCUT2D eigenvalue weighted by Gasteiger charge is -2.00. The molecule has 0 atom stereocenters. The average molecular weight is 190 g/mol. The summed E-state index contributed by atoms with van der Waals surface area (Å²) in [6.45, 7) is 0.501. The van der Waals surface area contributed by atoms with Gasteiger partial charge in [-0.25, -0.2) is 14.5 Å². The SMILES string of the molecule is NCc1ccc(-n2cn[nH]c2=O)cc1. The quantitative estimate of drug-likeness (QED) is 0.700. The van der Waals surface area contributed by atoms with Crippen LogP contribution in [0.5, 0.6) is 0 Å². The van der Waals surface area contributed by atoms with Crippen molar-refractivity contribution in [1.29, 1.82) is 0 Å². The summed E-state index contributed by atoms with van der Waals surface area (Å²) in [6.07, 6.45) is 1.44. The molecule has 0 unspecified atom stereocenters. The lowest BCUT2D eigenvalue weighted by molar-refractivity contribution is 0.977. The van der Waals surface area contributed by atoms with Crippen LogP contribution >= 0.6 is 0 Å². The third-order valence-electron chi connectivity index (χ3n) is 2.00. The van der Waals surface area contributed by atoms with Crippen LogP contribution < -0.4 is 11.4 Å². The van der Waals surface area contributed by atoms with Gasteiger partial charge in [-0.1, -0.05) is 12.1 Å². The van der Waals surface area contributed by atoms with Crippen molar-refractivity contribution in [3.63, 3.8) is 0 Å². The second-order valence-corrected chi connectivity index (χ2v) is 2.90. The minimum Gasteiger partial charge on any atom is -0.326 e. The molecule has 2 aromatic rings. The fourth-order valence-electron chi connectivity index (χ4n) is 1.22. The molecule has 0 radical (unpaired) electrons. The predicted octanol–water partition coefficient (Wildman–Crippen LogP) is 0.0193. The number of hydrogen-bond acceptors (Lipinski definition) is 3. The number of nitrogens with two attached hydrogens (primary N) is 1. The van der Waals surface area contributed by atoms with Crippen molar-refractivity contribution in [1.82, 2.24) is 14.8 Å². The van der Waals surface area contributed by atoms with Gasteiger partial charge in [0.1, 0.15) is 6.33 Å². The highest BCUT2D eigenvalue weighted by molar-refractivity contribution is 5.33. The van der Waals surface area contributed by atoms with Gasteiger partial charge in [0.25, 0.3) is 0 Å². The van der Waals surface area contributed by atoms with Crippen LogP contribution in [-0.4, -0.2) is 14.8 Å². The zero-order valence-electron chi connectivity index (χ0n) is 7.47. The monoisotopic (exact) mass is 190 g/mol. The van der Waals surface area contributed by atoms with Crippen molar-refractivity contribution in [2.45, 2.75) is 6.54 Å². The van der Waals surface area contributed by atoms with Gasteiger partial charge in [0.15, 0.2) is 0 Å². The number of benzene rings is 1. The number of nitrogens with one attached hydrogen (secondary N) is 1. The fraction of sp³-hybridized carbons (Fsp3) is 0.111. The lowest BCUT2D eigenvalue weighted by Crippen LogP contribution is -2.14. The zero-order chi connectivity index (χ0) is 9.97. The lowest BCUT2D eigenvalue weighted by atomic mass is 10.2. The van der Waals surface area contributed by atoms with Crippen molar-refractivity contribution >= 4 is 0 Å². The number of nitrogens with zero attached hydrogens (tertiary/aromatic N) is 2. The van der Waals surface area contributed by atoms with E-state index in [2.05, 4.69) is 10.2 Å². The minimum atomic E-state index is -0.245. The Morgan fingerprint density at radius 2 is 2.07 bits per heavy atom. The molecule has 0 aliphatic carbocycles. The first-order chi connectivity index (χ1) is 6.81. The molecule has 0 aliphatic heterocycles. The second kappa shape index (κ2) is 3.47. The van der Waals surface area contributed by atoms with E-state index in [1.807, 2.05) is 24.3 Å². The van der Waals surface area contributed by atoms with E-state index in [1.54, 1.807) is 0 Å². The van der Waals surface area contributed by atoms with E-state index < -0.39 is 0 Å². The highest BCUT2D eigenvalue weighted by atomic mass is 16.1. The molecule has 72 valence electrons. The maximum atomic E-state index is 11.2. The molecule has 0 aliphatic rings. The third kappa shape index (κ3) is 1.45. The van der Waals surface area contributed by atoms with Crippen molar-refractivity contribution in [3.05, 3.63) is 46.6 Å². The van der Waals surface area contributed by atoms with Gasteiger partial charge in [-0.15, -0.1) is 0 Å². The van der Waals surface area contributed by atoms with Crippen LogP contribution in [0.4, 0.5) is 0 Å². The van der Waals surface area contributed by atoms with E-state index in [0.717, 1.165) is 11.3 Å². The van der Waals surface area contributed by atoms with E-state index in [0.29, 0.717) is 6.54 Å². The van der Waals surface area contributed by atoms with Gasteiger partial charge in [-0.2, -0.15) is 5.10 Å². The Kier molecular flexibility index (Phi) is 2.16. The molecular formula is C9H10N4O. The van der Waals surface area contributed by atoms with Gasteiger partial charge >= 0.3 is 5.69 Å². The van der Waals surface area contributed by atoms with Gasteiger partial charge in [0.05, 0.1) is 5.69 Å². The first-order valence-corrected chi connectivity index (χ1v) is 4.22. The summed E-state index contributed by atoms with van der Waals surface area (Å²) >= 11 is 0. The van der Waals surface area contributed by atoms with Crippen molar-refractivity contribution in [3.8, 4) is 5.69 Å². The molecule has 0 saturated heterocycles. The van der Waals surface area contributed by atoms with E-state index in [-0.39, 0.29) is 5.69 Å². The molecule has 14 heavy (non-hydrogen) atoms. The molecule has 1 aromatic carbocycles. The molecule has 2 rings (SSSR count).